The van der Waals surface area contributed by atoms with E-state index in [2.05, 4.69) is 16.4 Å². The Bertz CT molecular complexity index is 855. The van der Waals surface area contributed by atoms with Gasteiger partial charge in [-0.3, -0.25) is 4.79 Å². The maximum absolute atomic E-state index is 12.4. The van der Waals surface area contributed by atoms with Crippen molar-refractivity contribution < 1.29 is 13.2 Å². The van der Waals surface area contributed by atoms with Crippen LogP contribution in [0.3, 0.4) is 0 Å². The Morgan fingerprint density at radius 3 is 2.71 bits per heavy atom. The van der Waals surface area contributed by atoms with Gasteiger partial charge >= 0.3 is 0 Å². The molecule has 0 radical (unpaired) electrons. The van der Waals surface area contributed by atoms with Crippen molar-refractivity contribution >= 4 is 54.4 Å². The van der Waals surface area contributed by atoms with E-state index in [1.807, 2.05) is 18.4 Å². The third-order valence-electron chi connectivity index (χ3n) is 4.12. The lowest BCUT2D eigenvalue weighted by molar-refractivity contribution is -0.120. The molecule has 2 heterocycles. The van der Waals surface area contributed by atoms with E-state index in [9.17, 15) is 13.2 Å². The Hall–Kier alpha value is -1.16. The number of anilines is 1. The van der Waals surface area contributed by atoms with Crippen molar-refractivity contribution in [3.05, 3.63) is 18.2 Å². The lowest BCUT2D eigenvalue weighted by Crippen LogP contribution is -2.40. The SMILES string of the molecule is CSc1ccc2nc(NC(=O)C3CCN(S(C)(=O)=O)CC3)sc2c1. The van der Waals surface area contributed by atoms with Gasteiger partial charge in [0, 0.05) is 23.9 Å². The van der Waals surface area contributed by atoms with Crippen LogP contribution in [0.15, 0.2) is 23.1 Å². The van der Waals surface area contributed by atoms with E-state index >= 15 is 0 Å². The Morgan fingerprint density at radius 2 is 2.08 bits per heavy atom. The van der Waals surface area contributed by atoms with Crippen molar-refractivity contribution in [3.8, 4) is 0 Å². The molecule has 2 aromatic rings. The van der Waals surface area contributed by atoms with Crippen molar-refractivity contribution in [1.82, 2.24) is 9.29 Å². The monoisotopic (exact) mass is 385 g/mol. The third kappa shape index (κ3) is 3.90. The molecular weight excluding hydrogens is 366 g/mol. The number of amides is 1. The molecule has 1 aliphatic heterocycles. The average molecular weight is 386 g/mol. The number of benzene rings is 1. The Kier molecular flexibility index (Phi) is 5.14. The number of carbonyl (C=O) groups excluding carboxylic acids is 1. The van der Waals surface area contributed by atoms with Crippen molar-refractivity contribution in [2.45, 2.75) is 17.7 Å². The molecule has 1 amide bonds. The predicted molar refractivity (Wildman–Crippen MR) is 99.2 cm³/mol. The minimum atomic E-state index is -3.17. The molecule has 0 atom stereocenters. The van der Waals surface area contributed by atoms with Crippen molar-refractivity contribution in [1.29, 1.82) is 0 Å². The number of nitrogens with zero attached hydrogens (tertiary/aromatic N) is 2. The first-order valence-electron chi connectivity index (χ1n) is 7.57. The summed E-state index contributed by atoms with van der Waals surface area (Å²) >= 11 is 3.13. The summed E-state index contributed by atoms with van der Waals surface area (Å²) in [6, 6.07) is 6.04. The van der Waals surface area contributed by atoms with E-state index in [-0.39, 0.29) is 11.8 Å². The quantitative estimate of drug-likeness (QED) is 0.819. The molecule has 6 nitrogen and oxygen atoms in total. The number of thiazole rings is 1. The fourth-order valence-corrected chi connectivity index (χ4v) is 5.04. The standard InChI is InChI=1S/C15H19N3O3S3/c1-22-11-3-4-12-13(9-11)23-15(16-12)17-14(19)10-5-7-18(8-6-10)24(2,20)21/h3-4,9-10H,5-8H2,1-2H3,(H,16,17,19). The topological polar surface area (TPSA) is 79.4 Å². The van der Waals surface area contributed by atoms with Crippen LogP contribution in [0.25, 0.3) is 10.2 Å². The molecular formula is C15H19N3O3S3. The number of hydrogen-bond donors (Lipinski definition) is 1. The summed E-state index contributed by atoms with van der Waals surface area (Å²) < 4.78 is 25.5. The van der Waals surface area contributed by atoms with E-state index in [0.29, 0.717) is 31.1 Å². The molecule has 130 valence electrons. The zero-order valence-corrected chi connectivity index (χ0v) is 15.9. The number of nitrogens with one attached hydrogen (secondary N) is 1. The van der Waals surface area contributed by atoms with Gasteiger partial charge in [0.15, 0.2) is 5.13 Å². The number of thioether (sulfide) groups is 1. The molecule has 24 heavy (non-hydrogen) atoms. The molecule has 1 aromatic heterocycles. The Labute approximate surface area is 149 Å². The zero-order chi connectivity index (χ0) is 17.3. The fourth-order valence-electron chi connectivity index (χ4n) is 2.74. The van der Waals surface area contributed by atoms with Crippen molar-refractivity contribution in [2.24, 2.45) is 5.92 Å². The molecule has 0 unspecified atom stereocenters. The fraction of sp³-hybridized carbons (Fsp3) is 0.467. The molecule has 1 fully saturated rings. The van der Waals surface area contributed by atoms with Crippen molar-refractivity contribution in [2.75, 3.05) is 30.9 Å². The van der Waals surface area contributed by atoms with Gasteiger partial charge in [-0.15, -0.1) is 11.8 Å². The molecule has 0 aliphatic carbocycles. The maximum Gasteiger partial charge on any atom is 0.229 e. The molecule has 0 spiro atoms. The first-order chi connectivity index (χ1) is 11.4. The molecule has 0 saturated carbocycles. The molecule has 1 saturated heterocycles. The highest BCUT2D eigenvalue weighted by molar-refractivity contribution is 7.98. The van der Waals surface area contributed by atoms with Crippen molar-refractivity contribution in [3.63, 3.8) is 0 Å². The first-order valence-corrected chi connectivity index (χ1v) is 11.5. The van der Waals surface area contributed by atoms with Gasteiger partial charge in [-0.05, 0) is 37.3 Å². The van der Waals surface area contributed by atoms with Crippen LogP contribution in [0.5, 0.6) is 0 Å². The highest BCUT2D eigenvalue weighted by atomic mass is 32.2. The maximum atomic E-state index is 12.4. The van der Waals surface area contributed by atoms with Crippen LogP contribution in [0.4, 0.5) is 5.13 Å². The molecule has 9 heteroatoms. The van der Waals surface area contributed by atoms with Gasteiger partial charge in [0.2, 0.25) is 15.9 Å². The minimum Gasteiger partial charge on any atom is -0.302 e. The summed E-state index contributed by atoms with van der Waals surface area (Å²) in [6.45, 7) is 0.793. The Balaban J connectivity index is 1.65. The number of sulfonamides is 1. The number of piperidine rings is 1. The second-order valence-electron chi connectivity index (χ2n) is 5.78. The van der Waals surface area contributed by atoms with Gasteiger partial charge in [-0.1, -0.05) is 11.3 Å². The van der Waals surface area contributed by atoms with Gasteiger partial charge in [-0.25, -0.2) is 17.7 Å². The highest BCUT2D eigenvalue weighted by Gasteiger charge is 2.29. The van der Waals surface area contributed by atoms with Gasteiger partial charge in [-0.2, -0.15) is 0 Å². The second-order valence-corrected chi connectivity index (χ2v) is 9.67. The number of carbonyl (C=O) groups is 1. The van der Waals surface area contributed by atoms with Crippen LogP contribution < -0.4 is 5.32 Å². The summed E-state index contributed by atoms with van der Waals surface area (Å²) in [5, 5.41) is 3.48. The van der Waals surface area contributed by atoms with Gasteiger partial charge < -0.3 is 5.32 Å². The first kappa shape index (κ1) is 17.7. The minimum absolute atomic E-state index is 0.0766. The van der Waals surface area contributed by atoms with Gasteiger partial charge in [0.05, 0.1) is 16.5 Å². The molecule has 3 rings (SSSR count). The van der Waals surface area contributed by atoms with Crippen LogP contribution >= 0.6 is 23.1 Å². The average Bonchev–Trinajstić information content (AvgIpc) is 2.95. The van der Waals surface area contributed by atoms with E-state index < -0.39 is 10.0 Å². The Morgan fingerprint density at radius 1 is 1.38 bits per heavy atom. The predicted octanol–water partition coefficient (Wildman–Crippen LogP) is 2.63. The second kappa shape index (κ2) is 6.99. The summed E-state index contributed by atoms with van der Waals surface area (Å²) in [5.41, 5.74) is 0.875. The smallest absolute Gasteiger partial charge is 0.229 e. The largest absolute Gasteiger partial charge is 0.302 e. The highest BCUT2D eigenvalue weighted by Crippen LogP contribution is 2.30. The van der Waals surface area contributed by atoms with Crippen LogP contribution in [0.2, 0.25) is 0 Å². The van der Waals surface area contributed by atoms with Crippen LogP contribution in [0.1, 0.15) is 12.8 Å². The number of hydrogen-bond acceptors (Lipinski definition) is 6. The number of rotatable bonds is 4. The summed E-state index contributed by atoms with van der Waals surface area (Å²) in [7, 11) is -3.17. The van der Waals surface area contributed by atoms with Crippen LogP contribution in [-0.4, -0.2) is 49.2 Å². The summed E-state index contributed by atoms with van der Waals surface area (Å²) in [4.78, 5) is 18.0. The number of fused-ring (bicyclic) bond motifs is 1. The summed E-state index contributed by atoms with van der Waals surface area (Å²) in [6.07, 6.45) is 4.31. The lowest BCUT2D eigenvalue weighted by Gasteiger charge is -2.29. The lowest BCUT2D eigenvalue weighted by atomic mass is 9.97. The van der Waals surface area contributed by atoms with E-state index in [1.54, 1.807) is 11.8 Å². The van der Waals surface area contributed by atoms with E-state index in [1.165, 1.54) is 21.9 Å². The van der Waals surface area contributed by atoms with Crippen LogP contribution in [-0.2, 0) is 14.8 Å². The molecule has 1 N–H and O–H groups in total. The summed E-state index contributed by atoms with van der Waals surface area (Å²) in [5.74, 6) is -0.246. The van der Waals surface area contributed by atoms with Gasteiger partial charge in [0.25, 0.3) is 0 Å². The molecule has 0 bridgehead atoms. The van der Waals surface area contributed by atoms with E-state index in [0.717, 1.165) is 15.1 Å². The third-order valence-corrected chi connectivity index (χ3v) is 7.08. The molecule has 1 aliphatic rings. The molecule has 1 aromatic carbocycles. The van der Waals surface area contributed by atoms with E-state index in [4.69, 9.17) is 0 Å². The number of aromatic nitrogens is 1. The normalized spacial score (nSPS) is 17.2. The van der Waals surface area contributed by atoms with Gasteiger partial charge in [0.1, 0.15) is 0 Å². The van der Waals surface area contributed by atoms with Crippen LogP contribution in [0, 0.1) is 5.92 Å². The zero-order valence-electron chi connectivity index (χ0n) is 13.5.